The summed E-state index contributed by atoms with van der Waals surface area (Å²) < 4.78 is 41.8. The molecule has 1 aliphatic heterocycles. The van der Waals surface area contributed by atoms with Crippen LogP contribution >= 0.6 is 0 Å². The molecule has 218 valence electrons. The molecule has 0 bridgehead atoms. The van der Waals surface area contributed by atoms with Gasteiger partial charge in [-0.25, -0.2) is 4.99 Å². The van der Waals surface area contributed by atoms with Gasteiger partial charge < -0.3 is 16.0 Å². The van der Waals surface area contributed by atoms with Gasteiger partial charge in [0.25, 0.3) is 5.91 Å². The Kier molecular flexibility index (Phi) is 10.9. The largest absolute Gasteiger partial charge is 0.416 e. The molecule has 0 atom stereocenters. The maximum Gasteiger partial charge on any atom is 0.416 e. The molecule has 0 aliphatic carbocycles. The number of nitrogens with two attached hydrogens (primary N) is 1. The Bertz CT molecular complexity index is 1400. The smallest absolute Gasteiger partial charge is 0.384 e. The lowest BCUT2D eigenvalue weighted by molar-refractivity contribution is -0.138. The second-order valence-corrected chi connectivity index (χ2v) is 10.3. The molecule has 2 aromatic rings. The number of nitrogens with one attached hydrogen (secondary N) is 1. The third kappa shape index (κ3) is 9.30. The summed E-state index contributed by atoms with van der Waals surface area (Å²) >= 11 is 0. The molecule has 7 nitrogen and oxygen atoms in total. The summed E-state index contributed by atoms with van der Waals surface area (Å²) in [5.41, 5.74) is 8.63. The molecule has 0 saturated carbocycles. The summed E-state index contributed by atoms with van der Waals surface area (Å²) in [4.78, 5) is 25.5. The van der Waals surface area contributed by atoms with Crippen LogP contribution in [0, 0.1) is 11.8 Å². The predicted molar refractivity (Wildman–Crippen MR) is 157 cm³/mol. The number of rotatable bonds is 7. The molecule has 1 aliphatic rings. The fourth-order valence-corrected chi connectivity index (χ4v) is 3.98. The average molecular weight is 567 g/mol. The van der Waals surface area contributed by atoms with E-state index in [1.54, 1.807) is 12.3 Å². The minimum absolute atomic E-state index is 0.0535. The van der Waals surface area contributed by atoms with Crippen LogP contribution in [0.15, 0.2) is 64.2 Å². The van der Waals surface area contributed by atoms with Gasteiger partial charge >= 0.3 is 6.18 Å². The standard InChI is InChI=1S/C31H37F3N6O/c1-6-22(4)24(19-37-29(35)21(2)3)8-7-23-15-26(18-36-17-23)30(41)38-27-10-9-25(28(16-27)31(32,33)34)20-40-13-11-39(5)12-14-40/h9-10,15-19H,6,11-14,20,35H2,1-5H3,(H,38,41)/b24-22+,37-19?. The molecule has 1 amide bonds. The number of carbonyl (C=O) groups excluding carboxylic acids is 1. The van der Waals surface area contributed by atoms with Crippen molar-refractivity contribution >= 4 is 17.8 Å². The Morgan fingerprint density at radius 2 is 1.85 bits per heavy atom. The lowest BCUT2D eigenvalue weighted by Gasteiger charge is -2.33. The highest BCUT2D eigenvalue weighted by molar-refractivity contribution is 6.04. The number of piperazine rings is 1. The molecule has 1 aromatic carbocycles. The normalized spacial score (nSPS) is 15.2. The van der Waals surface area contributed by atoms with E-state index in [9.17, 15) is 18.0 Å². The SMILES string of the molecule is CC/C(C)=C(\C#Cc1cncc(C(=O)Nc2ccc(CN3CCN(C)CC3)c(C(F)(F)F)c2)c1)C=NC(N)=C(C)C. The Labute approximate surface area is 240 Å². The number of halogens is 3. The van der Waals surface area contributed by atoms with Crippen LogP contribution in [-0.2, 0) is 12.7 Å². The number of pyridine rings is 1. The fraction of sp³-hybridized carbons (Fsp3) is 0.387. The van der Waals surface area contributed by atoms with E-state index in [0.29, 0.717) is 30.0 Å². The lowest BCUT2D eigenvalue weighted by atomic mass is 10.0. The van der Waals surface area contributed by atoms with Crippen molar-refractivity contribution in [3.63, 3.8) is 0 Å². The van der Waals surface area contributed by atoms with Crippen molar-refractivity contribution in [2.24, 2.45) is 10.7 Å². The summed E-state index contributed by atoms with van der Waals surface area (Å²) in [6.07, 6.45) is 0.682. The molecule has 3 N–H and O–H groups in total. The van der Waals surface area contributed by atoms with E-state index >= 15 is 0 Å². The molecule has 0 spiro atoms. The van der Waals surface area contributed by atoms with Gasteiger partial charge in [-0.3, -0.25) is 14.7 Å². The van der Waals surface area contributed by atoms with Crippen molar-refractivity contribution < 1.29 is 18.0 Å². The highest BCUT2D eigenvalue weighted by Gasteiger charge is 2.34. The molecular formula is C31H37F3N6O. The van der Waals surface area contributed by atoms with Crippen molar-refractivity contribution in [3.05, 3.63) is 81.5 Å². The molecule has 1 fully saturated rings. The van der Waals surface area contributed by atoms with Crippen LogP contribution in [0.3, 0.4) is 0 Å². The molecule has 10 heteroatoms. The number of aliphatic imine (C=N–C) groups is 1. The number of likely N-dealkylation sites (N-methyl/N-ethyl adjacent to an activating group) is 1. The third-order valence-corrected chi connectivity index (χ3v) is 6.84. The van der Waals surface area contributed by atoms with Gasteiger partial charge in [-0.2, -0.15) is 13.2 Å². The van der Waals surface area contributed by atoms with Crippen molar-refractivity contribution in [3.8, 4) is 11.8 Å². The average Bonchev–Trinajstić information content (AvgIpc) is 2.94. The number of hydrogen-bond acceptors (Lipinski definition) is 6. The fourth-order valence-electron chi connectivity index (χ4n) is 3.98. The zero-order valence-electron chi connectivity index (χ0n) is 24.2. The third-order valence-electron chi connectivity index (χ3n) is 6.84. The number of anilines is 1. The van der Waals surface area contributed by atoms with E-state index < -0.39 is 17.6 Å². The number of amides is 1. The second kappa shape index (κ2) is 14.1. The zero-order valence-corrected chi connectivity index (χ0v) is 24.2. The first-order valence-electron chi connectivity index (χ1n) is 13.4. The van der Waals surface area contributed by atoms with E-state index in [2.05, 4.69) is 32.0 Å². The van der Waals surface area contributed by atoms with Crippen LogP contribution in [0.25, 0.3) is 0 Å². The van der Waals surface area contributed by atoms with Crippen molar-refractivity contribution in [1.29, 1.82) is 0 Å². The monoisotopic (exact) mass is 566 g/mol. The highest BCUT2D eigenvalue weighted by atomic mass is 19.4. The molecule has 3 rings (SSSR count). The molecule has 0 unspecified atom stereocenters. The van der Waals surface area contributed by atoms with Gasteiger partial charge in [0.05, 0.1) is 11.1 Å². The van der Waals surface area contributed by atoms with Gasteiger partial charge in [-0.1, -0.05) is 30.4 Å². The van der Waals surface area contributed by atoms with E-state index in [4.69, 9.17) is 5.73 Å². The van der Waals surface area contributed by atoms with Gasteiger partial charge in [0.2, 0.25) is 0 Å². The summed E-state index contributed by atoms with van der Waals surface area (Å²) in [5.74, 6) is 5.88. The lowest BCUT2D eigenvalue weighted by Crippen LogP contribution is -2.44. The van der Waals surface area contributed by atoms with Crippen LogP contribution in [-0.4, -0.2) is 60.1 Å². The summed E-state index contributed by atoms with van der Waals surface area (Å²) in [6.45, 7) is 10.9. The molecule has 0 radical (unpaired) electrons. The molecule has 2 heterocycles. The minimum Gasteiger partial charge on any atom is -0.384 e. The summed E-state index contributed by atoms with van der Waals surface area (Å²) in [7, 11) is 1.99. The maximum atomic E-state index is 13.9. The first kappa shape index (κ1) is 31.6. The number of nitrogens with zero attached hydrogens (tertiary/aromatic N) is 4. The molecule has 1 saturated heterocycles. The minimum atomic E-state index is -4.55. The van der Waals surface area contributed by atoms with E-state index in [-0.39, 0.29) is 23.4 Å². The topological polar surface area (TPSA) is 86.9 Å². The van der Waals surface area contributed by atoms with E-state index in [1.165, 1.54) is 24.5 Å². The van der Waals surface area contributed by atoms with E-state index in [1.807, 2.05) is 39.6 Å². The van der Waals surface area contributed by atoms with Gasteiger partial charge in [0, 0.05) is 68.2 Å². The first-order valence-corrected chi connectivity index (χ1v) is 13.4. The Hall–Kier alpha value is -3.94. The van der Waals surface area contributed by atoms with Gasteiger partial charge in [0.15, 0.2) is 0 Å². The number of allylic oxidation sites excluding steroid dienone is 3. The maximum absolute atomic E-state index is 13.9. The molecule has 41 heavy (non-hydrogen) atoms. The highest BCUT2D eigenvalue weighted by Crippen LogP contribution is 2.34. The summed E-state index contributed by atoms with van der Waals surface area (Å²) in [5, 5.41) is 2.57. The van der Waals surface area contributed by atoms with Crippen molar-refractivity contribution in [2.45, 2.75) is 46.8 Å². The van der Waals surface area contributed by atoms with Crippen molar-refractivity contribution in [1.82, 2.24) is 14.8 Å². The number of aromatic nitrogens is 1. The second-order valence-electron chi connectivity index (χ2n) is 10.3. The number of hydrogen-bond donors (Lipinski definition) is 2. The van der Waals surface area contributed by atoms with Gasteiger partial charge in [-0.05, 0) is 63.6 Å². The van der Waals surface area contributed by atoms with Gasteiger partial charge in [-0.15, -0.1) is 0 Å². The van der Waals surface area contributed by atoms with Crippen LogP contribution in [0.5, 0.6) is 0 Å². The first-order chi connectivity index (χ1) is 19.4. The number of benzene rings is 1. The Morgan fingerprint density at radius 1 is 1.15 bits per heavy atom. The summed E-state index contributed by atoms with van der Waals surface area (Å²) in [6, 6.07) is 5.47. The van der Waals surface area contributed by atoms with E-state index in [0.717, 1.165) is 36.7 Å². The predicted octanol–water partition coefficient (Wildman–Crippen LogP) is 5.46. The Morgan fingerprint density at radius 3 is 2.49 bits per heavy atom. The van der Waals surface area contributed by atoms with Gasteiger partial charge in [0.1, 0.15) is 5.82 Å². The van der Waals surface area contributed by atoms with Crippen LogP contribution < -0.4 is 11.1 Å². The number of alkyl halides is 3. The zero-order chi connectivity index (χ0) is 30.2. The van der Waals surface area contributed by atoms with Crippen LogP contribution in [0.2, 0.25) is 0 Å². The van der Waals surface area contributed by atoms with Crippen LogP contribution in [0.1, 0.15) is 61.2 Å². The molecule has 1 aromatic heterocycles. The molecular weight excluding hydrogens is 529 g/mol. The number of carbonyl (C=O) groups is 1. The Balaban J connectivity index is 1.80. The van der Waals surface area contributed by atoms with Crippen molar-refractivity contribution in [2.75, 3.05) is 38.5 Å². The quantitative estimate of drug-likeness (QED) is 0.344. The van der Waals surface area contributed by atoms with Crippen LogP contribution in [0.4, 0.5) is 18.9 Å².